The minimum absolute atomic E-state index is 0.388. The van der Waals surface area contributed by atoms with Gasteiger partial charge in [-0.15, -0.1) is 0 Å². The van der Waals surface area contributed by atoms with E-state index in [0.717, 1.165) is 16.9 Å². The topological polar surface area (TPSA) is 93.8 Å². The Bertz CT molecular complexity index is 1150. The smallest absolute Gasteiger partial charge is 0.323 e. The second kappa shape index (κ2) is 6.24. The van der Waals surface area contributed by atoms with Crippen LogP contribution in [0.3, 0.4) is 0 Å². The van der Waals surface area contributed by atoms with Gasteiger partial charge in [0.1, 0.15) is 11.3 Å². The van der Waals surface area contributed by atoms with Crippen LogP contribution in [0.2, 0.25) is 10.0 Å². The van der Waals surface area contributed by atoms with Crippen molar-refractivity contribution in [3.8, 4) is 11.4 Å². The summed E-state index contributed by atoms with van der Waals surface area (Å²) in [4.78, 5) is 4.65. The lowest BCUT2D eigenvalue weighted by Crippen LogP contribution is -2.17. The van der Waals surface area contributed by atoms with Crippen molar-refractivity contribution in [1.82, 2.24) is 9.55 Å². The van der Waals surface area contributed by atoms with Crippen LogP contribution in [0.15, 0.2) is 41.6 Å². The molecule has 1 aliphatic heterocycles. The highest BCUT2D eigenvalue weighted by atomic mass is 35.5. The van der Waals surface area contributed by atoms with E-state index in [1.807, 2.05) is 16.7 Å². The SMILES string of the molecule is O=S(=O)(O)O/N=C1\CCn2c(-c3ccc(Cl)cc3)nc3c(Cl)ccc1c32. The third-order valence-corrected chi connectivity index (χ3v) is 4.89. The van der Waals surface area contributed by atoms with Crippen LogP contribution < -0.4 is 0 Å². The van der Waals surface area contributed by atoms with Gasteiger partial charge in [0.05, 0.1) is 16.3 Å². The van der Waals surface area contributed by atoms with E-state index < -0.39 is 10.4 Å². The minimum atomic E-state index is -4.67. The molecule has 0 spiro atoms. The predicted molar refractivity (Wildman–Crippen MR) is 99.0 cm³/mol. The van der Waals surface area contributed by atoms with Gasteiger partial charge >= 0.3 is 10.4 Å². The van der Waals surface area contributed by atoms with Crippen LogP contribution in [0, 0.1) is 0 Å². The summed E-state index contributed by atoms with van der Waals surface area (Å²) >= 11 is 12.3. The van der Waals surface area contributed by atoms with Crippen LogP contribution in [-0.4, -0.2) is 28.2 Å². The molecule has 0 aliphatic carbocycles. The predicted octanol–water partition coefficient (Wildman–Crippen LogP) is 3.94. The number of oxime groups is 1. The van der Waals surface area contributed by atoms with Gasteiger partial charge in [-0.05, 0) is 36.4 Å². The average Bonchev–Trinajstić information content (AvgIpc) is 2.98. The molecule has 0 bridgehead atoms. The highest BCUT2D eigenvalue weighted by Crippen LogP contribution is 2.35. The van der Waals surface area contributed by atoms with Gasteiger partial charge in [-0.3, -0.25) is 4.55 Å². The van der Waals surface area contributed by atoms with Crippen molar-refractivity contribution in [1.29, 1.82) is 0 Å². The monoisotopic (exact) mass is 411 g/mol. The average molecular weight is 412 g/mol. The molecule has 0 saturated heterocycles. The minimum Gasteiger partial charge on any atom is -0.323 e. The maximum absolute atomic E-state index is 10.8. The van der Waals surface area contributed by atoms with E-state index in [1.54, 1.807) is 24.3 Å². The number of nitrogens with zero attached hydrogens (tertiary/aromatic N) is 3. The van der Waals surface area contributed by atoms with Gasteiger partial charge in [-0.25, -0.2) is 9.27 Å². The largest absolute Gasteiger partial charge is 0.466 e. The van der Waals surface area contributed by atoms with Crippen LogP contribution in [0.5, 0.6) is 0 Å². The summed E-state index contributed by atoms with van der Waals surface area (Å²) in [7, 11) is -4.67. The molecule has 0 radical (unpaired) electrons. The number of aromatic nitrogens is 2. The second-order valence-electron chi connectivity index (χ2n) is 5.68. The molecular weight excluding hydrogens is 401 g/mol. The van der Waals surface area contributed by atoms with Crippen molar-refractivity contribution in [3.63, 3.8) is 0 Å². The zero-order valence-electron chi connectivity index (χ0n) is 13.1. The lowest BCUT2D eigenvalue weighted by atomic mass is 10.0. The molecule has 10 heteroatoms. The van der Waals surface area contributed by atoms with Crippen molar-refractivity contribution in [3.05, 3.63) is 52.0 Å². The summed E-state index contributed by atoms with van der Waals surface area (Å²) in [5.41, 5.74) is 3.22. The molecule has 0 atom stereocenters. The van der Waals surface area contributed by atoms with E-state index in [4.69, 9.17) is 27.8 Å². The Labute approximate surface area is 158 Å². The highest BCUT2D eigenvalue weighted by molar-refractivity contribution is 7.80. The molecule has 2 heterocycles. The second-order valence-corrected chi connectivity index (χ2v) is 7.52. The number of rotatable bonds is 3. The molecule has 1 N–H and O–H groups in total. The van der Waals surface area contributed by atoms with Crippen molar-refractivity contribution >= 4 is 50.3 Å². The van der Waals surface area contributed by atoms with E-state index >= 15 is 0 Å². The van der Waals surface area contributed by atoms with Crippen LogP contribution in [0.4, 0.5) is 0 Å². The Hall–Kier alpha value is -2.13. The fourth-order valence-corrected chi connectivity index (χ4v) is 3.52. The van der Waals surface area contributed by atoms with Crippen molar-refractivity contribution in [2.45, 2.75) is 13.0 Å². The van der Waals surface area contributed by atoms with Gasteiger partial charge in [0.25, 0.3) is 0 Å². The Morgan fingerprint density at radius 1 is 1.15 bits per heavy atom. The summed E-state index contributed by atoms with van der Waals surface area (Å²) in [5, 5.41) is 4.67. The number of benzene rings is 2. The molecular formula is C16H11Cl2N3O4S. The number of hydrogen-bond donors (Lipinski definition) is 1. The first-order valence-electron chi connectivity index (χ1n) is 7.51. The Balaban J connectivity index is 1.92. The third-order valence-electron chi connectivity index (χ3n) is 4.07. The Kier molecular flexibility index (Phi) is 4.15. The molecule has 2 aromatic carbocycles. The van der Waals surface area contributed by atoms with E-state index in [2.05, 4.69) is 14.4 Å². The molecule has 1 aliphatic rings. The molecule has 0 amide bonds. The van der Waals surface area contributed by atoms with Gasteiger partial charge in [0, 0.05) is 29.1 Å². The molecule has 1 aromatic heterocycles. The van der Waals surface area contributed by atoms with E-state index in [9.17, 15) is 8.42 Å². The summed E-state index contributed by atoms with van der Waals surface area (Å²) in [6, 6.07) is 10.7. The van der Waals surface area contributed by atoms with Crippen LogP contribution >= 0.6 is 23.2 Å². The van der Waals surface area contributed by atoms with Gasteiger partial charge in [-0.1, -0.05) is 28.4 Å². The van der Waals surface area contributed by atoms with Crippen molar-refractivity contribution < 1.29 is 17.3 Å². The fourth-order valence-electron chi connectivity index (χ4n) is 3.02. The van der Waals surface area contributed by atoms with Crippen molar-refractivity contribution in [2.24, 2.45) is 5.16 Å². The lowest BCUT2D eigenvalue weighted by Gasteiger charge is -2.18. The van der Waals surface area contributed by atoms with E-state index in [-0.39, 0.29) is 0 Å². The first-order valence-corrected chi connectivity index (χ1v) is 9.63. The van der Waals surface area contributed by atoms with Crippen LogP contribution in [-0.2, 0) is 21.2 Å². The zero-order chi connectivity index (χ0) is 18.5. The molecule has 3 aromatic rings. The molecule has 4 rings (SSSR count). The number of aryl methyl sites for hydroxylation is 1. The maximum atomic E-state index is 10.8. The number of hydrogen-bond acceptors (Lipinski definition) is 5. The molecule has 0 fully saturated rings. The Morgan fingerprint density at radius 2 is 1.88 bits per heavy atom. The summed E-state index contributed by atoms with van der Waals surface area (Å²) in [6.45, 7) is 0.496. The van der Waals surface area contributed by atoms with E-state index in [0.29, 0.717) is 39.8 Å². The first-order chi connectivity index (χ1) is 12.3. The van der Waals surface area contributed by atoms with Crippen LogP contribution in [0.1, 0.15) is 12.0 Å². The fraction of sp³-hybridized carbons (Fsp3) is 0.125. The van der Waals surface area contributed by atoms with Crippen molar-refractivity contribution in [2.75, 3.05) is 0 Å². The summed E-state index contributed by atoms with van der Waals surface area (Å²) in [5.74, 6) is 0.723. The third kappa shape index (κ3) is 3.05. The normalized spacial score (nSPS) is 15.6. The standard InChI is InChI=1S/C16H11Cl2N3O4S/c17-10-3-1-9(2-4-10)16-19-14-12(18)6-5-11-13(20-25-26(22,23)24)7-8-21(16)15(11)14/h1-6H,7-8H2,(H,22,23,24)/b20-13+. The summed E-state index contributed by atoms with van der Waals surface area (Å²) in [6.07, 6.45) is 0.399. The van der Waals surface area contributed by atoms with E-state index in [1.165, 1.54) is 0 Å². The van der Waals surface area contributed by atoms with Gasteiger partial charge < -0.3 is 4.57 Å². The quantitative estimate of drug-likeness (QED) is 0.520. The zero-order valence-corrected chi connectivity index (χ0v) is 15.4. The lowest BCUT2D eigenvalue weighted by molar-refractivity contribution is 0.281. The molecule has 0 saturated carbocycles. The maximum Gasteiger partial charge on any atom is 0.466 e. The summed E-state index contributed by atoms with van der Waals surface area (Å²) < 4.78 is 36.5. The van der Waals surface area contributed by atoms with Gasteiger partial charge in [0.2, 0.25) is 0 Å². The van der Waals surface area contributed by atoms with Gasteiger partial charge in [0.15, 0.2) is 0 Å². The molecule has 0 unspecified atom stereocenters. The number of halogens is 2. The van der Waals surface area contributed by atoms with Gasteiger partial charge in [-0.2, -0.15) is 8.42 Å². The number of imidazole rings is 1. The Morgan fingerprint density at radius 3 is 2.58 bits per heavy atom. The molecule has 26 heavy (non-hydrogen) atoms. The van der Waals surface area contributed by atoms with Crippen LogP contribution in [0.25, 0.3) is 22.4 Å². The highest BCUT2D eigenvalue weighted by Gasteiger charge is 2.25. The molecule has 134 valence electrons. The molecule has 7 nitrogen and oxygen atoms in total. The first kappa shape index (κ1) is 17.3.